The fourth-order valence-electron chi connectivity index (χ4n) is 3.75. The Morgan fingerprint density at radius 3 is 2.81 bits per heavy atom. The van der Waals surface area contributed by atoms with Crippen molar-refractivity contribution in [3.63, 3.8) is 0 Å². The molecule has 0 spiro atoms. The van der Waals surface area contributed by atoms with Gasteiger partial charge in [-0.3, -0.25) is 4.79 Å². The first-order valence-corrected chi connectivity index (χ1v) is 8.52. The van der Waals surface area contributed by atoms with E-state index in [4.69, 9.17) is 0 Å². The maximum absolute atomic E-state index is 12.6. The Bertz CT molecular complexity index is 331. The van der Waals surface area contributed by atoms with E-state index in [1.54, 1.807) is 0 Å². The zero-order valence-electron chi connectivity index (χ0n) is 14.0. The van der Waals surface area contributed by atoms with E-state index in [1.807, 2.05) is 0 Å². The highest BCUT2D eigenvalue weighted by Gasteiger charge is 2.32. The molecule has 124 valence electrons. The van der Waals surface area contributed by atoms with Gasteiger partial charge in [-0.25, -0.2) is 0 Å². The molecule has 4 heteroatoms. The smallest absolute Gasteiger partial charge is 0.222 e. The molecule has 2 rings (SSSR count). The van der Waals surface area contributed by atoms with Gasteiger partial charge in [0.15, 0.2) is 0 Å². The Balaban J connectivity index is 0.00000220. The molecule has 2 aliphatic heterocycles. The van der Waals surface area contributed by atoms with Crippen molar-refractivity contribution in [1.29, 1.82) is 0 Å². The molecule has 3 atom stereocenters. The molecule has 0 radical (unpaired) electrons. The topological polar surface area (TPSA) is 32.3 Å². The summed E-state index contributed by atoms with van der Waals surface area (Å²) >= 11 is 0. The van der Waals surface area contributed by atoms with E-state index in [1.165, 1.54) is 32.1 Å². The Labute approximate surface area is 136 Å². The molecule has 0 saturated carbocycles. The van der Waals surface area contributed by atoms with Crippen LogP contribution in [0.4, 0.5) is 0 Å². The highest BCUT2D eigenvalue weighted by Crippen LogP contribution is 2.33. The third-order valence-electron chi connectivity index (χ3n) is 5.62. The van der Waals surface area contributed by atoms with Crippen LogP contribution in [-0.4, -0.2) is 37.0 Å². The Morgan fingerprint density at radius 1 is 1.43 bits per heavy atom. The number of halogens is 1. The average Bonchev–Trinajstić information content (AvgIpc) is 2.48. The van der Waals surface area contributed by atoms with Crippen molar-refractivity contribution in [2.75, 3.05) is 26.2 Å². The summed E-state index contributed by atoms with van der Waals surface area (Å²) in [5.41, 5.74) is 0.351. The molecule has 2 aliphatic rings. The number of nitrogens with one attached hydrogen (secondary N) is 1. The van der Waals surface area contributed by atoms with Crippen LogP contribution in [0.15, 0.2) is 0 Å². The van der Waals surface area contributed by atoms with Crippen molar-refractivity contribution in [3.8, 4) is 0 Å². The second-order valence-corrected chi connectivity index (χ2v) is 7.37. The van der Waals surface area contributed by atoms with Crippen LogP contribution < -0.4 is 5.32 Å². The molecule has 21 heavy (non-hydrogen) atoms. The number of hydrogen-bond donors (Lipinski definition) is 1. The maximum atomic E-state index is 12.6. The minimum Gasteiger partial charge on any atom is -0.342 e. The van der Waals surface area contributed by atoms with E-state index in [9.17, 15) is 4.79 Å². The summed E-state index contributed by atoms with van der Waals surface area (Å²) in [5.74, 6) is 1.60. The molecule has 3 unspecified atom stereocenters. The SMILES string of the molecule is CCC1(C)CCCN(C(=O)CC(C)C2CCCNC2)C1.Cl. The standard InChI is InChI=1S/C17H32N2O.ClH/c1-4-17(3)8-6-10-19(13-17)16(20)11-14(2)15-7-5-9-18-12-15;/h14-15,18H,4-13H2,1-3H3;1H. The van der Waals surface area contributed by atoms with Crippen LogP contribution in [0.1, 0.15) is 59.3 Å². The van der Waals surface area contributed by atoms with Gasteiger partial charge >= 0.3 is 0 Å². The van der Waals surface area contributed by atoms with Crippen LogP contribution in [0.25, 0.3) is 0 Å². The highest BCUT2D eigenvalue weighted by molar-refractivity contribution is 5.85. The minimum atomic E-state index is 0. The number of hydrogen-bond acceptors (Lipinski definition) is 2. The molecular formula is C17H33ClN2O. The average molecular weight is 317 g/mol. The zero-order valence-corrected chi connectivity index (χ0v) is 14.8. The summed E-state index contributed by atoms with van der Waals surface area (Å²) in [6.07, 6.45) is 6.92. The Kier molecular flexibility index (Phi) is 7.49. The van der Waals surface area contributed by atoms with Crippen molar-refractivity contribution in [2.24, 2.45) is 17.3 Å². The van der Waals surface area contributed by atoms with Gasteiger partial charge in [-0.2, -0.15) is 0 Å². The second kappa shape index (κ2) is 8.38. The molecule has 2 saturated heterocycles. The van der Waals surface area contributed by atoms with Gasteiger partial charge in [0.2, 0.25) is 5.91 Å². The molecule has 2 heterocycles. The van der Waals surface area contributed by atoms with Crippen molar-refractivity contribution in [2.45, 2.75) is 59.3 Å². The third-order valence-corrected chi connectivity index (χ3v) is 5.62. The molecule has 1 N–H and O–H groups in total. The van der Waals surface area contributed by atoms with Crippen LogP contribution in [0.2, 0.25) is 0 Å². The van der Waals surface area contributed by atoms with E-state index in [0.29, 0.717) is 23.2 Å². The van der Waals surface area contributed by atoms with Gasteiger partial charge in [-0.05, 0) is 62.4 Å². The van der Waals surface area contributed by atoms with Gasteiger partial charge in [0.1, 0.15) is 0 Å². The molecule has 0 bridgehead atoms. The van der Waals surface area contributed by atoms with E-state index in [-0.39, 0.29) is 12.4 Å². The summed E-state index contributed by atoms with van der Waals surface area (Å²) in [4.78, 5) is 14.7. The number of carbonyl (C=O) groups excluding carboxylic acids is 1. The van der Waals surface area contributed by atoms with Crippen molar-refractivity contribution in [1.82, 2.24) is 10.2 Å². The number of piperidine rings is 2. The Hall–Kier alpha value is -0.280. The van der Waals surface area contributed by atoms with E-state index < -0.39 is 0 Å². The van der Waals surface area contributed by atoms with Crippen LogP contribution in [-0.2, 0) is 4.79 Å². The second-order valence-electron chi connectivity index (χ2n) is 7.37. The highest BCUT2D eigenvalue weighted by atomic mass is 35.5. The molecule has 3 nitrogen and oxygen atoms in total. The number of amides is 1. The maximum Gasteiger partial charge on any atom is 0.222 e. The zero-order chi connectivity index (χ0) is 14.6. The van der Waals surface area contributed by atoms with E-state index >= 15 is 0 Å². The van der Waals surface area contributed by atoms with Crippen LogP contribution in [0.5, 0.6) is 0 Å². The summed E-state index contributed by atoms with van der Waals surface area (Å²) < 4.78 is 0. The molecule has 0 aromatic carbocycles. The lowest BCUT2D eigenvalue weighted by Gasteiger charge is -2.40. The first kappa shape index (κ1) is 18.8. The van der Waals surface area contributed by atoms with Gasteiger partial charge in [-0.1, -0.05) is 20.8 Å². The van der Waals surface area contributed by atoms with Crippen LogP contribution in [0.3, 0.4) is 0 Å². The van der Waals surface area contributed by atoms with Gasteiger partial charge < -0.3 is 10.2 Å². The molecule has 0 aromatic heterocycles. The molecular weight excluding hydrogens is 284 g/mol. The molecule has 2 fully saturated rings. The van der Waals surface area contributed by atoms with Crippen molar-refractivity contribution < 1.29 is 4.79 Å². The number of rotatable bonds is 4. The van der Waals surface area contributed by atoms with Crippen molar-refractivity contribution >= 4 is 18.3 Å². The number of likely N-dealkylation sites (tertiary alicyclic amines) is 1. The summed E-state index contributed by atoms with van der Waals surface area (Å²) in [6, 6.07) is 0. The van der Waals surface area contributed by atoms with Crippen molar-refractivity contribution in [3.05, 3.63) is 0 Å². The quantitative estimate of drug-likeness (QED) is 0.861. The first-order valence-electron chi connectivity index (χ1n) is 8.52. The fourth-order valence-corrected chi connectivity index (χ4v) is 3.75. The molecule has 0 aliphatic carbocycles. The van der Waals surface area contributed by atoms with Gasteiger partial charge in [0.25, 0.3) is 0 Å². The number of nitrogens with zero attached hydrogens (tertiary/aromatic N) is 1. The monoisotopic (exact) mass is 316 g/mol. The number of carbonyl (C=O) groups is 1. The van der Waals surface area contributed by atoms with Crippen LogP contribution in [0, 0.1) is 17.3 Å². The largest absolute Gasteiger partial charge is 0.342 e. The normalized spacial score (nSPS) is 31.4. The van der Waals surface area contributed by atoms with Gasteiger partial charge in [-0.15, -0.1) is 12.4 Å². The summed E-state index contributed by atoms with van der Waals surface area (Å²) in [6.45, 7) is 11.0. The summed E-state index contributed by atoms with van der Waals surface area (Å²) in [7, 11) is 0. The van der Waals surface area contributed by atoms with Gasteiger partial charge in [0, 0.05) is 19.5 Å². The van der Waals surface area contributed by atoms with E-state index in [2.05, 4.69) is 31.0 Å². The predicted molar refractivity (Wildman–Crippen MR) is 90.8 cm³/mol. The molecule has 1 amide bonds. The predicted octanol–water partition coefficient (Wildman–Crippen LogP) is 3.47. The summed E-state index contributed by atoms with van der Waals surface area (Å²) in [5, 5.41) is 3.47. The van der Waals surface area contributed by atoms with Gasteiger partial charge in [0.05, 0.1) is 0 Å². The lowest BCUT2D eigenvalue weighted by atomic mass is 9.79. The fraction of sp³-hybridized carbons (Fsp3) is 0.941. The lowest BCUT2D eigenvalue weighted by molar-refractivity contribution is -0.135. The Morgan fingerprint density at radius 2 is 2.19 bits per heavy atom. The lowest BCUT2D eigenvalue weighted by Crippen LogP contribution is -2.45. The van der Waals surface area contributed by atoms with E-state index in [0.717, 1.165) is 32.6 Å². The van der Waals surface area contributed by atoms with Crippen LogP contribution >= 0.6 is 12.4 Å². The first-order chi connectivity index (χ1) is 9.54. The minimum absolute atomic E-state index is 0. The molecule has 0 aromatic rings. The third kappa shape index (κ3) is 5.14.